The number of ether oxygens (including phenoxy) is 1. The zero-order chi connectivity index (χ0) is 12.3. The fourth-order valence-corrected chi connectivity index (χ4v) is 2.84. The van der Waals surface area contributed by atoms with Gasteiger partial charge in [-0.3, -0.25) is 0 Å². The maximum atomic E-state index is 6.12. The quantitative estimate of drug-likeness (QED) is 0.560. The lowest BCUT2D eigenvalue weighted by molar-refractivity contribution is -0.0484. The van der Waals surface area contributed by atoms with E-state index >= 15 is 0 Å². The molecule has 0 bridgehead atoms. The molecule has 0 spiro atoms. The molecule has 4 heteroatoms. The summed E-state index contributed by atoms with van der Waals surface area (Å²) in [5, 5.41) is 0. The Kier molecular flexibility index (Phi) is 4.26. The SMILES string of the molecule is CC1CN(C(N)=NC2CCCCC2)CC(C)O1. The normalized spacial score (nSPS) is 32.8. The second-order valence-electron chi connectivity index (χ2n) is 5.44. The molecule has 0 amide bonds. The first-order chi connectivity index (χ1) is 8.15. The summed E-state index contributed by atoms with van der Waals surface area (Å²) in [6.45, 7) is 5.92. The average molecular weight is 239 g/mol. The predicted molar refractivity (Wildman–Crippen MR) is 70.1 cm³/mol. The maximum absolute atomic E-state index is 6.12. The first-order valence-electron chi connectivity index (χ1n) is 6.89. The van der Waals surface area contributed by atoms with Crippen LogP contribution in [0.25, 0.3) is 0 Å². The number of nitrogens with two attached hydrogens (primary N) is 1. The van der Waals surface area contributed by atoms with Gasteiger partial charge in [-0.05, 0) is 26.7 Å². The molecule has 0 aromatic carbocycles. The number of nitrogens with zero attached hydrogens (tertiary/aromatic N) is 2. The van der Waals surface area contributed by atoms with E-state index in [1.54, 1.807) is 0 Å². The Labute approximate surface area is 104 Å². The van der Waals surface area contributed by atoms with Gasteiger partial charge in [-0.2, -0.15) is 0 Å². The first kappa shape index (κ1) is 12.7. The summed E-state index contributed by atoms with van der Waals surface area (Å²) >= 11 is 0. The minimum atomic E-state index is 0.249. The van der Waals surface area contributed by atoms with Gasteiger partial charge in [-0.1, -0.05) is 19.3 Å². The molecule has 1 saturated heterocycles. The van der Waals surface area contributed by atoms with Crippen molar-refractivity contribution in [2.45, 2.75) is 64.2 Å². The highest BCUT2D eigenvalue weighted by molar-refractivity contribution is 5.78. The molecule has 17 heavy (non-hydrogen) atoms. The highest BCUT2D eigenvalue weighted by Gasteiger charge is 2.24. The van der Waals surface area contributed by atoms with E-state index in [2.05, 4.69) is 18.7 Å². The molecule has 2 rings (SSSR count). The molecule has 0 radical (unpaired) electrons. The highest BCUT2D eigenvalue weighted by Crippen LogP contribution is 2.20. The zero-order valence-electron chi connectivity index (χ0n) is 11.1. The molecule has 2 N–H and O–H groups in total. The molecule has 1 saturated carbocycles. The fraction of sp³-hybridized carbons (Fsp3) is 0.923. The lowest BCUT2D eigenvalue weighted by Gasteiger charge is -2.36. The molecule has 1 heterocycles. The molecule has 98 valence electrons. The van der Waals surface area contributed by atoms with Crippen molar-refractivity contribution in [3.63, 3.8) is 0 Å². The summed E-state index contributed by atoms with van der Waals surface area (Å²) in [5.41, 5.74) is 6.12. The van der Waals surface area contributed by atoms with Crippen molar-refractivity contribution < 1.29 is 4.74 Å². The van der Waals surface area contributed by atoms with Crippen molar-refractivity contribution in [3.05, 3.63) is 0 Å². The lowest BCUT2D eigenvalue weighted by atomic mass is 9.96. The van der Waals surface area contributed by atoms with E-state index in [4.69, 9.17) is 15.5 Å². The molecular weight excluding hydrogens is 214 g/mol. The number of hydrogen-bond acceptors (Lipinski definition) is 2. The maximum Gasteiger partial charge on any atom is 0.191 e. The van der Waals surface area contributed by atoms with Gasteiger partial charge in [-0.15, -0.1) is 0 Å². The molecule has 0 aromatic rings. The third-order valence-electron chi connectivity index (χ3n) is 3.63. The van der Waals surface area contributed by atoms with Gasteiger partial charge in [0.1, 0.15) is 0 Å². The molecule has 2 unspecified atom stereocenters. The standard InChI is InChI=1S/C13H25N3O/c1-10-8-16(9-11(2)17-10)13(14)15-12-6-4-3-5-7-12/h10-12H,3-9H2,1-2H3,(H2,14,15). The van der Waals surface area contributed by atoms with Crippen LogP contribution in [0.1, 0.15) is 46.0 Å². The molecule has 4 nitrogen and oxygen atoms in total. The Bertz CT molecular complexity index is 264. The molecule has 2 fully saturated rings. The van der Waals surface area contributed by atoms with Crippen LogP contribution in [-0.4, -0.2) is 42.2 Å². The molecule has 0 aromatic heterocycles. The molecule has 2 atom stereocenters. The van der Waals surface area contributed by atoms with Gasteiger partial charge < -0.3 is 15.4 Å². The third-order valence-corrected chi connectivity index (χ3v) is 3.63. The van der Waals surface area contributed by atoms with Crippen LogP contribution in [0, 0.1) is 0 Å². The van der Waals surface area contributed by atoms with Crippen molar-refractivity contribution in [3.8, 4) is 0 Å². The van der Waals surface area contributed by atoms with Crippen molar-refractivity contribution in [2.24, 2.45) is 10.7 Å². The van der Waals surface area contributed by atoms with Crippen molar-refractivity contribution in [1.29, 1.82) is 0 Å². The number of rotatable bonds is 1. The summed E-state index contributed by atoms with van der Waals surface area (Å²) < 4.78 is 5.70. The molecule has 1 aliphatic carbocycles. The van der Waals surface area contributed by atoms with Gasteiger partial charge in [0.05, 0.1) is 18.2 Å². The number of hydrogen-bond donors (Lipinski definition) is 1. The van der Waals surface area contributed by atoms with Crippen LogP contribution >= 0.6 is 0 Å². The van der Waals surface area contributed by atoms with Gasteiger partial charge in [0.15, 0.2) is 5.96 Å². The van der Waals surface area contributed by atoms with Crippen LogP contribution < -0.4 is 5.73 Å². The van der Waals surface area contributed by atoms with E-state index in [9.17, 15) is 0 Å². The van der Waals surface area contributed by atoms with Crippen LogP contribution in [0.4, 0.5) is 0 Å². The van der Waals surface area contributed by atoms with Crippen LogP contribution in [0.2, 0.25) is 0 Å². The van der Waals surface area contributed by atoms with E-state index in [1.165, 1.54) is 32.1 Å². The minimum Gasteiger partial charge on any atom is -0.372 e. The second-order valence-corrected chi connectivity index (χ2v) is 5.44. The smallest absolute Gasteiger partial charge is 0.191 e. The summed E-state index contributed by atoms with van der Waals surface area (Å²) in [7, 11) is 0. The molecule has 2 aliphatic rings. The van der Waals surface area contributed by atoms with Crippen LogP contribution in [0.15, 0.2) is 4.99 Å². The monoisotopic (exact) mass is 239 g/mol. The Morgan fingerprint density at radius 3 is 2.29 bits per heavy atom. The number of morpholine rings is 1. The minimum absolute atomic E-state index is 0.249. The van der Waals surface area contributed by atoms with Gasteiger partial charge in [0.2, 0.25) is 0 Å². The van der Waals surface area contributed by atoms with E-state index < -0.39 is 0 Å². The molecule has 1 aliphatic heterocycles. The first-order valence-corrected chi connectivity index (χ1v) is 6.89. The summed E-state index contributed by atoms with van der Waals surface area (Å²) in [6.07, 6.45) is 6.87. The third kappa shape index (κ3) is 3.60. The van der Waals surface area contributed by atoms with Crippen molar-refractivity contribution in [1.82, 2.24) is 4.90 Å². The topological polar surface area (TPSA) is 50.8 Å². The molecular formula is C13H25N3O. The van der Waals surface area contributed by atoms with Gasteiger partial charge >= 0.3 is 0 Å². The Balaban J connectivity index is 1.93. The van der Waals surface area contributed by atoms with Crippen LogP contribution in [0.5, 0.6) is 0 Å². The Morgan fingerprint density at radius 1 is 1.12 bits per heavy atom. The van der Waals surface area contributed by atoms with Gasteiger partial charge in [0, 0.05) is 13.1 Å². The lowest BCUT2D eigenvalue weighted by Crippen LogP contribution is -2.51. The summed E-state index contributed by atoms with van der Waals surface area (Å²) in [6, 6.07) is 0.456. The Hall–Kier alpha value is -0.770. The summed E-state index contributed by atoms with van der Waals surface area (Å²) in [4.78, 5) is 6.87. The van der Waals surface area contributed by atoms with E-state index in [-0.39, 0.29) is 12.2 Å². The van der Waals surface area contributed by atoms with Crippen LogP contribution in [0.3, 0.4) is 0 Å². The second kappa shape index (κ2) is 5.71. The average Bonchev–Trinajstić information content (AvgIpc) is 2.29. The number of aliphatic imine (C=N–C) groups is 1. The van der Waals surface area contributed by atoms with E-state index in [0.717, 1.165) is 19.0 Å². The number of guanidine groups is 1. The fourth-order valence-electron chi connectivity index (χ4n) is 2.84. The zero-order valence-corrected chi connectivity index (χ0v) is 11.1. The highest BCUT2D eigenvalue weighted by atomic mass is 16.5. The Morgan fingerprint density at radius 2 is 1.71 bits per heavy atom. The van der Waals surface area contributed by atoms with E-state index in [1.807, 2.05) is 0 Å². The largest absolute Gasteiger partial charge is 0.372 e. The summed E-state index contributed by atoms with van der Waals surface area (Å²) in [5.74, 6) is 0.721. The van der Waals surface area contributed by atoms with E-state index in [0.29, 0.717) is 6.04 Å². The van der Waals surface area contributed by atoms with Crippen molar-refractivity contribution in [2.75, 3.05) is 13.1 Å². The van der Waals surface area contributed by atoms with Gasteiger partial charge in [0.25, 0.3) is 0 Å². The predicted octanol–water partition coefficient (Wildman–Crippen LogP) is 1.74. The van der Waals surface area contributed by atoms with Gasteiger partial charge in [-0.25, -0.2) is 4.99 Å². The van der Waals surface area contributed by atoms with Crippen LogP contribution in [-0.2, 0) is 4.74 Å². The van der Waals surface area contributed by atoms with Crippen molar-refractivity contribution >= 4 is 5.96 Å².